The number of rotatable bonds is 7. The van der Waals surface area contributed by atoms with Gasteiger partial charge in [-0.2, -0.15) is 5.10 Å². The van der Waals surface area contributed by atoms with Crippen LogP contribution in [-0.4, -0.2) is 28.0 Å². The molecule has 1 aromatic carbocycles. The molecule has 0 spiro atoms. The van der Waals surface area contributed by atoms with Crippen LogP contribution in [0.4, 0.5) is 0 Å². The van der Waals surface area contributed by atoms with Crippen molar-refractivity contribution in [2.24, 2.45) is 7.05 Å². The highest BCUT2D eigenvalue weighted by Crippen LogP contribution is 2.27. The molecule has 3 aromatic rings. The van der Waals surface area contributed by atoms with Crippen molar-refractivity contribution in [1.29, 1.82) is 0 Å². The van der Waals surface area contributed by atoms with Gasteiger partial charge in [0, 0.05) is 30.6 Å². The maximum Gasteiger partial charge on any atom is 0.129 e. The highest BCUT2D eigenvalue weighted by atomic mass is 16.5. The molecule has 3 rings (SSSR count). The summed E-state index contributed by atoms with van der Waals surface area (Å²) in [5, 5.41) is 7.37. The summed E-state index contributed by atoms with van der Waals surface area (Å²) in [6.07, 6.45) is 10.2. The van der Waals surface area contributed by atoms with Gasteiger partial charge in [0.15, 0.2) is 0 Å². The zero-order valence-electron chi connectivity index (χ0n) is 16.1. The lowest BCUT2D eigenvalue weighted by Crippen LogP contribution is -2.05. The predicted molar refractivity (Wildman–Crippen MR) is 111 cm³/mol. The van der Waals surface area contributed by atoms with Crippen LogP contribution < -0.4 is 9.47 Å². The van der Waals surface area contributed by atoms with E-state index in [4.69, 9.17) is 9.47 Å². The average Bonchev–Trinajstić information content (AvgIpc) is 3.27. The second-order valence-corrected chi connectivity index (χ2v) is 6.53. The van der Waals surface area contributed by atoms with Gasteiger partial charge in [-0.15, -0.1) is 0 Å². The summed E-state index contributed by atoms with van der Waals surface area (Å²) in [6.45, 7) is 4.00. The van der Waals surface area contributed by atoms with Gasteiger partial charge in [-0.05, 0) is 68.5 Å². The molecule has 0 bridgehead atoms. The fourth-order valence-corrected chi connectivity index (χ4v) is 2.70. The van der Waals surface area contributed by atoms with Crippen LogP contribution >= 0.6 is 0 Å². The van der Waals surface area contributed by atoms with E-state index in [9.17, 15) is 0 Å². The minimum Gasteiger partial charge on any atom is -0.496 e. The molecule has 0 atom stereocenters. The van der Waals surface area contributed by atoms with E-state index in [0.717, 1.165) is 34.1 Å². The molecule has 0 aliphatic rings. The van der Waals surface area contributed by atoms with Gasteiger partial charge in [0.25, 0.3) is 0 Å². The summed E-state index contributed by atoms with van der Waals surface area (Å²) in [5.74, 6) is 1.57. The first-order chi connectivity index (χ1) is 13.0. The number of hydrogen-bond donors (Lipinski definition) is 1. The van der Waals surface area contributed by atoms with Crippen LogP contribution in [0, 0.1) is 0 Å². The normalized spacial score (nSPS) is 11.7. The number of aryl methyl sites for hydroxylation is 1. The maximum atomic E-state index is 5.71. The van der Waals surface area contributed by atoms with E-state index in [-0.39, 0.29) is 6.10 Å². The number of nitrogens with one attached hydrogen (secondary N) is 1. The molecule has 0 saturated heterocycles. The van der Waals surface area contributed by atoms with E-state index in [1.165, 1.54) is 0 Å². The van der Waals surface area contributed by atoms with Gasteiger partial charge in [0.2, 0.25) is 0 Å². The zero-order chi connectivity index (χ0) is 19.2. The van der Waals surface area contributed by atoms with Crippen LogP contribution in [0.15, 0.2) is 42.6 Å². The van der Waals surface area contributed by atoms with Crippen LogP contribution in [-0.2, 0) is 7.05 Å². The van der Waals surface area contributed by atoms with Crippen LogP contribution in [0.3, 0.4) is 0 Å². The van der Waals surface area contributed by atoms with E-state index >= 15 is 0 Å². The highest BCUT2D eigenvalue weighted by Gasteiger charge is 2.05. The third-order valence-corrected chi connectivity index (χ3v) is 4.05. The summed E-state index contributed by atoms with van der Waals surface area (Å²) in [7, 11) is 3.68. The Morgan fingerprint density at radius 2 is 1.93 bits per heavy atom. The quantitative estimate of drug-likeness (QED) is 0.650. The molecule has 0 aliphatic carbocycles. The Bertz CT molecular complexity index is 948. The van der Waals surface area contributed by atoms with Gasteiger partial charge < -0.3 is 14.0 Å². The molecule has 2 heterocycles. The largest absolute Gasteiger partial charge is 0.496 e. The molecule has 0 fully saturated rings. The molecule has 0 radical (unpaired) electrons. The topological polar surface area (TPSA) is 52.1 Å². The number of benzene rings is 1. The molecule has 27 heavy (non-hydrogen) atoms. The SMILES string of the molecule is COc1cc(OC(C)C)ccc1C=Cc1cc(C=Cc2cccn2C)[nH]n1. The first kappa shape index (κ1) is 18.6. The molecule has 0 unspecified atom stereocenters. The lowest BCUT2D eigenvalue weighted by Gasteiger charge is -2.12. The highest BCUT2D eigenvalue weighted by molar-refractivity contribution is 5.73. The molecule has 0 aliphatic heterocycles. The van der Waals surface area contributed by atoms with E-state index in [1.807, 2.05) is 75.7 Å². The Kier molecular flexibility index (Phi) is 5.81. The monoisotopic (exact) mass is 363 g/mol. The third-order valence-electron chi connectivity index (χ3n) is 4.05. The molecule has 1 N–H and O–H groups in total. The van der Waals surface area contributed by atoms with Crippen LogP contribution in [0.25, 0.3) is 24.3 Å². The van der Waals surface area contributed by atoms with Gasteiger partial charge in [0.05, 0.1) is 24.6 Å². The Hall–Kier alpha value is -3.21. The standard InChI is InChI=1S/C22H25N3O2/c1-16(2)27-21-12-8-17(22(15-21)26-4)7-9-18-14-19(24-23-18)10-11-20-6-5-13-25(20)3/h5-16H,1-4H3,(H,23,24). The van der Waals surface area contributed by atoms with Crippen molar-refractivity contribution in [1.82, 2.24) is 14.8 Å². The van der Waals surface area contributed by atoms with Crippen molar-refractivity contribution >= 4 is 24.3 Å². The summed E-state index contributed by atoms with van der Waals surface area (Å²) < 4.78 is 13.3. The second-order valence-electron chi connectivity index (χ2n) is 6.53. The van der Waals surface area contributed by atoms with Crippen molar-refractivity contribution < 1.29 is 9.47 Å². The molecular weight excluding hydrogens is 338 g/mol. The lowest BCUT2D eigenvalue weighted by atomic mass is 10.1. The number of hydrogen-bond acceptors (Lipinski definition) is 3. The van der Waals surface area contributed by atoms with Crippen molar-refractivity contribution in [2.45, 2.75) is 20.0 Å². The van der Waals surface area contributed by atoms with E-state index in [0.29, 0.717) is 0 Å². The van der Waals surface area contributed by atoms with Crippen LogP contribution in [0.1, 0.15) is 36.5 Å². The summed E-state index contributed by atoms with van der Waals surface area (Å²) in [5.41, 5.74) is 3.90. The number of aromatic nitrogens is 3. The van der Waals surface area contributed by atoms with Crippen molar-refractivity contribution in [3.8, 4) is 11.5 Å². The van der Waals surface area contributed by atoms with Gasteiger partial charge in [-0.3, -0.25) is 5.10 Å². The van der Waals surface area contributed by atoms with E-state index in [1.54, 1.807) is 7.11 Å². The second kappa shape index (κ2) is 8.45. The fourth-order valence-electron chi connectivity index (χ4n) is 2.70. The Morgan fingerprint density at radius 3 is 2.63 bits per heavy atom. The number of aromatic amines is 1. The molecule has 5 nitrogen and oxygen atoms in total. The van der Waals surface area contributed by atoms with Crippen LogP contribution in [0.2, 0.25) is 0 Å². The molecule has 5 heteroatoms. The Morgan fingerprint density at radius 1 is 1.07 bits per heavy atom. The summed E-state index contributed by atoms with van der Waals surface area (Å²) in [4.78, 5) is 0. The van der Waals surface area contributed by atoms with Gasteiger partial charge in [-0.1, -0.05) is 0 Å². The number of H-pyrrole nitrogens is 1. The van der Waals surface area contributed by atoms with Gasteiger partial charge in [0.1, 0.15) is 11.5 Å². The molecule has 2 aromatic heterocycles. The molecule has 0 saturated carbocycles. The smallest absolute Gasteiger partial charge is 0.129 e. The molecular formula is C22H25N3O2. The van der Waals surface area contributed by atoms with Crippen LogP contribution in [0.5, 0.6) is 11.5 Å². The van der Waals surface area contributed by atoms with E-state index in [2.05, 4.69) is 26.9 Å². The minimum atomic E-state index is 0.127. The number of nitrogens with zero attached hydrogens (tertiary/aromatic N) is 2. The summed E-state index contributed by atoms with van der Waals surface area (Å²) in [6, 6.07) is 11.9. The predicted octanol–water partition coefficient (Wildman–Crippen LogP) is 4.88. The van der Waals surface area contributed by atoms with Gasteiger partial charge >= 0.3 is 0 Å². The lowest BCUT2D eigenvalue weighted by molar-refractivity contribution is 0.241. The first-order valence-corrected chi connectivity index (χ1v) is 8.93. The van der Waals surface area contributed by atoms with Crippen molar-refractivity contribution in [2.75, 3.05) is 7.11 Å². The number of ether oxygens (including phenoxy) is 2. The summed E-state index contributed by atoms with van der Waals surface area (Å²) >= 11 is 0. The maximum absolute atomic E-state index is 5.71. The van der Waals surface area contributed by atoms with Crippen molar-refractivity contribution in [3.05, 3.63) is 65.2 Å². The van der Waals surface area contributed by atoms with Gasteiger partial charge in [-0.25, -0.2) is 0 Å². The fraction of sp³-hybridized carbons (Fsp3) is 0.227. The first-order valence-electron chi connectivity index (χ1n) is 8.93. The zero-order valence-corrected chi connectivity index (χ0v) is 16.1. The Labute approximate surface area is 159 Å². The minimum absolute atomic E-state index is 0.127. The third kappa shape index (κ3) is 4.91. The van der Waals surface area contributed by atoms with Crippen molar-refractivity contribution in [3.63, 3.8) is 0 Å². The average molecular weight is 363 g/mol. The Balaban J connectivity index is 1.72. The molecule has 0 amide bonds. The van der Waals surface area contributed by atoms with E-state index < -0.39 is 0 Å². The number of methoxy groups -OCH3 is 1. The molecule has 140 valence electrons.